The molecule has 0 aliphatic carbocycles. The highest BCUT2D eigenvalue weighted by Gasteiger charge is 2.17. The first-order valence-electron chi connectivity index (χ1n) is 7.08. The minimum absolute atomic E-state index is 0.173. The summed E-state index contributed by atoms with van der Waals surface area (Å²) in [5.74, 6) is -0.173. The molecule has 1 fully saturated rings. The zero-order chi connectivity index (χ0) is 13.7. The lowest BCUT2D eigenvalue weighted by atomic mass is 10.1. The molecule has 0 amide bonds. The fourth-order valence-electron chi connectivity index (χ4n) is 2.67. The van der Waals surface area contributed by atoms with Gasteiger partial charge in [-0.2, -0.15) is 0 Å². The Bertz CT molecular complexity index is 405. The van der Waals surface area contributed by atoms with Gasteiger partial charge in [-0.05, 0) is 66.0 Å². The molecule has 0 aromatic heterocycles. The van der Waals surface area contributed by atoms with E-state index < -0.39 is 0 Å². The third-order valence-electron chi connectivity index (χ3n) is 3.57. The molecule has 1 heterocycles. The number of hydrogen-bond acceptors (Lipinski definition) is 2. The van der Waals surface area contributed by atoms with Crippen molar-refractivity contribution in [3.05, 3.63) is 34.1 Å². The Kier molecular flexibility index (Phi) is 5.79. The van der Waals surface area contributed by atoms with Gasteiger partial charge in [0.05, 0.1) is 4.47 Å². The molecule has 1 aromatic carbocycles. The summed E-state index contributed by atoms with van der Waals surface area (Å²) in [6.07, 6.45) is 3.66. The third-order valence-corrected chi connectivity index (χ3v) is 4.21. The van der Waals surface area contributed by atoms with Gasteiger partial charge in [0, 0.05) is 19.1 Å². The van der Waals surface area contributed by atoms with Crippen LogP contribution in [0.2, 0.25) is 0 Å². The van der Waals surface area contributed by atoms with Crippen LogP contribution in [0.15, 0.2) is 22.7 Å². The minimum atomic E-state index is -0.173. The summed E-state index contributed by atoms with van der Waals surface area (Å²) in [6.45, 7) is 6.28. The molecule has 1 saturated heterocycles. The molecule has 2 rings (SSSR count). The summed E-state index contributed by atoms with van der Waals surface area (Å²) in [7, 11) is 0. The highest BCUT2D eigenvalue weighted by Crippen LogP contribution is 2.18. The fourth-order valence-corrected chi connectivity index (χ4v) is 2.92. The van der Waals surface area contributed by atoms with Crippen molar-refractivity contribution in [3.8, 4) is 0 Å². The number of nitrogens with one attached hydrogen (secondary N) is 1. The largest absolute Gasteiger partial charge is 0.313 e. The first kappa shape index (κ1) is 14.9. The second-order valence-corrected chi connectivity index (χ2v) is 6.13. The zero-order valence-corrected chi connectivity index (χ0v) is 13.0. The Morgan fingerprint density at radius 2 is 2.32 bits per heavy atom. The highest BCUT2D eigenvalue weighted by atomic mass is 79.9. The third kappa shape index (κ3) is 4.55. The molecule has 4 heteroatoms. The average molecular weight is 329 g/mol. The van der Waals surface area contributed by atoms with Crippen LogP contribution in [0.1, 0.15) is 31.7 Å². The maximum Gasteiger partial charge on any atom is 0.137 e. The van der Waals surface area contributed by atoms with Crippen molar-refractivity contribution in [1.82, 2.24) is 10.2 Å². The van der Waals surface area contributed by atoms with E-state index in [-0.39, 0.29) is 5.82 Å². The van der Waals surface area contributed by atoms with Crippen LogP contribution in [0.25, 0.3) is 0 Å². The molecular formula is C15H22BrFN2. The molecule has 2 nitrogen and oxygen atoms in total. The van der Waals surface area contributed by atoms with E-state index in [2.05, 4.69) is 33.1 Å². The monoisotopic (exact) mass is 328 g/mol. The molecule has 1 aliphatic heterocycles. The maximum absolute atomic E-state index is 13.5. The summed E-state index contributed by atoms with van der Waals surface area (Å²) in [6, 6.07) is 6.03. The van der Waals surface area contributed by atoms with Crippen molar-refractivity contribution in [1.29, 1.82) is 0 Å². The van der Waals surface area contributed by atoms with Crippen LogP contribution in [-0.4, -0.2) is 30.6 Å². The SMILES string of the molecule is CCCN(Cc1ccc(Br)c(F)c1)CC1CCCN1. The second kappa shape index (κ2) is 7.36. The normalized spacial score (nSPS) is 19.3. The highest BCUT2D eigenvalue weighted by molar-refractivity contribution is 9.10. The molecule has 1 unspecified atom stereocenters. The van der Waals surface area contributed by atoms with Gasteiger partial charge in [0.25, 0.3) is 0 Å². The predicted octanol–water partition coefficient (Wildman–Crippen LogP) is 3.55. The zero-order valence-electron chi connectivity index (χ0n) is 11.5. The van der Waals surface area contributed by atoms with E-state index in [1.54, 1.807) is 12.1 Å². The summed E-state index contributed by atoms with van der Waals surface area (Å²) in [5.41, 5.74) is 1.05. The predicted molar refractivity (Wildman–Crippen MR) is 80.7 cm³/mol. The van der Waals surface area contributed by atoms with Crippen LogP contribution in [0.4, 0.5) is 4.39 Å². The lowest BCUT2D eigenvalue weighted by molar-refractivity contribution is 0.241. The molecule has 1 aliphatic rings. The maximum atomic E-state index is 13.5. The van der Waals surface area contributed by atoms with Gasteiger partial charge in [-0.1, -0.05) is 13.0 Å². The number of benzene rings is 1. The van der Waals surface area contributed by atoms with Crippen LogP contribution in [0.5, 0.6) is 0 Å². The van der Waals surface area contributed by atoms with E-state index in [0.29, 0.717) is 10.5 Å². The lowest BCUT2D eigenvalue weighted by Gasteiger charge is -2.25. The molecule has 1 atom stereocenters. The van der Waals surface area contributed by atoms with Crippen molar-refractivity contribution >= 4 is 15.9 Å². The first-order valence-corrected chi connectivity index (χ1v) is 7.88. The van der Waals surface area contributed by atoms with Gasteiger partial charge in [-0.15, -0.1) is 0 Å². The molecule has 0 spiro atoms. The van der Waals surface area contributed by atoms with Crippen LogP contribution in [-0.2, 0) is 6.54 Å². The quantitative estimate of drug-likeness (QED) is 0.859. The van der Waals surface area contributed by atoms with Gasteiger partial charge < -0.3 is 5.32 Å². The molecule has 0 bridgehead atoms. The standard InChI is InChI=1S/C15H22BrFN2/c1-2-8-19(11-13-4-3-7-18-13)10-12-5-6-14(16)15(17)9-12/h5-6,9,13,18H,2-4,7-8,10-11H2,1H3. The molecule has 1 N–H and O–H groups in total. The van der Waals surface area contributed by atoms with Crippen LogP contribution >= 0.6 is 15.9 Å². The molecule has 0 saturated carbocycles. The van der Waals surface area contributed by atoms with E-state index >= 15 is 0 Å². The summed E-state index contributed by atoms with van der Waals surface area (Å²) in [5, 5.41) is 3.53. The number of nitrogens with zero attached hydrogens (tertiary/aromatic N) is 1. The molecular weight excluding hydrogens is 307 g/mol. The summed E-state index contributed by atoms with van der Waals surface area (Å²) < 4.78 is 14.1. The fraction of sp³-hybridized carbons (Fsp3) is 0.600. The Morgan fingerprint density at radius 3 is 2.95 bits per heavy atom. The van der Waals surface area contributed by atoms with Gasteiger partial charge in [0.15, 0.2) is 0 Å². The average Bonchev–Trinajstić information content (AvgIpc) is 2.87. The summed E-state index contributed by atoms with van der Waals surface area (Å²) in [4.78, 5) is 2.42. The Labute approximate surface area is 123 Å². The number of hydrogen-bond donors (Lipinski definition) is 1. The number of halogens is 2. The van der Waals surface area contributed by atoms with Crippen LogP contribution in [0.3, 0.4) is 0 Å². The van der Waals surface area contributed by atoms with Gasteiger partial charge >= 0.3 is 0 Å². The Morgan fingerprint density at radius 1 is 1.47 bits per heavy atom. The topological polar surface area (TPSA) is 15.3 Å². The molecule has 19 heavy (non-hydrogen) atoms. The van der Waals surface area contributed by atoms with E-state index in [9.17, 15) is 4.39 Å². The Balaban J connectivity index is 1.96. The van der Waals surface area contributed by atoms with Crippen molar-refractivity contribution in [3.63, 3.8) is 0 Å². The molecule has 106 valence electrons. The summed E-state index contributed by atoms with van der Waals surface area (Å²) >= 11 is 3.20. The first-order chi connectivity index (χ1) is 9.19. The lowest BCUT2D eigenvalue weighted by Crippen LogP contribution is -2.37. The van der Waals surface area contributed by atoms with E-state index in [1.165, 1.54) is 12.8 Å². The van der Waals surface area contributed by atoms with Crippen molar-refractivity contribution in [2.45, 2.75) is 38.8 Å². The van der Waals surface area contributed by atoms with Gasteiger partial charge in [-0.3, -0.25) is 4.90 Å². The van der Waals surface area contributed by atoms with Gasteiger partial charge in [0.2, 0.25) is 0 Å². The Hall–Kier alpha value is -0.450. The van der Waals surface area contributed by atoms with Crippen molar-refractivity contribution in [2.75, 3.05) is 19.6 Å². The van der Waals surface area contributed by atoms with E-state index in [4.69, 9.17) is 0 Å². The van der Waals surface area contributed by atoms with Crippen LogP contribution in [0, 0.1) is 5.82 Å². The van der Waals surface area contributed by atoms with E-state index in [0.717, 1.165) is 38.2 Å². The molecule has 1 aromatic rings. The van der Waals surface area contributed by atoms with Crippen molar-refractivity contribution in [2.24, 2.45) is 0 Å². The molecule has 0 radical (unpaired) electrons. The second-order valence-electron chi connectivity index (χ2n) is 5.28. The van der Waals surface area contributed by atoms with Crippen LogP contribution < -0.4 is 5.32 Å². The van der Waals surface area contributed by atoms with E-state index in [1.807, 2.05) is 6.07 Å². The van der Waals surface area contributed by atoms with Crippen molar-refractivity contribution < 1.29 is 4.39 Å². The smallest absolute Gasteiger partial charge is 0.137 e. The van der Waals surface area contributed by atoms with Gasteiger partial charge in [0.1, 0.15) is 5.82 Å². The van der Waals surface area contributed by atoms with Gasteiger partial charge in [-0.25, -0.2) is 4.39 Å². The number of rotatable bonds is 6. The minimum Gasteiger partial charge on any atom is -0.313 e.